The number of hydrogen-bond acceptors (Lipinski definition) is 2. The molecule has 0 aliphatic rings. The molecular formula is C37H26N2S. The van der Waals surface area contributed by atoms with E-state index in [2.05, 4.69) is 156 Å². The predicted octanol–water partition coefficient (Wildman–Crippen LogP) is 10.6. The van der Waals surface area contributed by atoms with Crippen LogP contribution >= 0.6 is 11.3 Å². The van der Waals surface area contributed by atoms with Crippen LogP contribution in [0.5, 0.6) is 0 Å². The summed E-state index contributed by atoms with van der Waals surface area (Å²) in [5, 5.41) is 5.20. The number of anilines is 2. The van der Waals surface area contributed by atoms with Crippen molar-refractivity contribution in [3.63, 3.8) is 0 Å². The molecule has 3 heteroatoms. The molecule has 0 amide bonds. The molecule has 40 heavy (non-hydrogen) atoms. The fraction of sp³-hybridized carbons (Fsp3) is 0.0270. The average Bonchev–Trinajstić information content (AvgIpc) is 3.57. The van der Waals surface area contributed by atoms with Gasteiger partial charge in [0.2, 0.25) is 0 Å². The third-order valence-corrected chi connectivity index (χ3v) is 9.25. The number of fused-ring (bicyclic) bond motifs is 6. The van der Waals surface area contributed by atoms with Crippen LogP contribution in [0, 0.1) is 0 Å². The Morgan fingerprint density at radius 1 is 0.525 bits per heavy atom. The van der Waals surface area contributed by atoms with Crippen LogP contribution in [0.2, 0.25) is 0 Å². The first-order valence-electron chi connectivity index (χ1n) is 13.6. The summed E-state index contributed by atoms with van der Waals surface area (Å²) in [4.78, 5) is 2.28. The van der Waals surface area contributed by atoms with Gasteiger partial charge >= 0.3 is 0 Å². The molecule has 0 unspecified atom stereocenters. The summed E-state index contributed by atoms with van der Waals surface area (Å²) in [5.41, 5.74) is 8.50. The van der Waals surface area contributed by atoms with E-state index in [0.717, 1.165) is 0 Å². The Morgan fingerprint density at radius 2 is 1.20 bits per heavy atom. The minimum atomic E-state index is 1.17. The number of hydrogen-bond donors (Lipinski definition) is 0. The molecule has 8 aromatic rings. The summed E-state index contributed by atoms with van der Waals surface area (Å²) in [7, 11) is 2.15. The highest BCUT2D eigenvalue weighted by molar-refractivity contribution is 7.26. The molecule has 6 aromatic carbocycles. The van der Waals surface area contributed by atoms with E-state index in [1.54, 1.807) is 0 Å². The molecule has 2 aromatic heterocycles. The van der Waals surface area contributed by atoms with Crippen LogP contribution in [0.3, 0.4) is 0 Å². The highest BCUT2D eigenvalue weighted by Gasteiger charge is 2.15. The molecular weight excluding hydrogens is 504 g/mol. The minimum absolute atomic E-state index is 1.17. The average molecular weight is 531 g/mol. The lowest BCUT2D eigenvalue weighted by molar-refractivity contribution is 1.17. The van der Waals surface area contributed by atoms with Crippen LogP contribution in [0.4, 0.5) is 11.4 Å². The lowest BCUT2D eigenvalue weighted by atomic mass is 10.0. The first-order valence-corrected chi connectivity index (χ1v) is 14.4. The molecule has 0 saturated heterocycles. The Hall–Kier alpha value is -4.86. The molecule has 2 heterocycles. The second-order valence-corrected chi connectivity index (χ2v) is 11.3. The summed E-state index contributed by atoms with van der Waals surface area (Å²) in [6, 6.07) is 50.4. The Labute approximate surface area is 237 Å². The third kappa shape index (κ3) is 3.55. The van der Waals surface area contributed by atoms with Crippen molar-refractivity contribution < 1.29 is 0 Å². The van der Waals surface area contributed by atoms with Crippen molar-refractivity contribution in [2.24, 2.45) is 0 Å². The van der Waals surface area contributed by atoms with E-state index in [1.807, 2.05) is 11.3 Å². The second kappa shape index (κ2) is 9.11. The highest BCUT2D eigenvalue weighted by atomic mass is 32.1. The Morgan fingerprint density at radius 3 is 2.05 bits per heavy atom. The Balaban J connectivity index is 1.19. The minimum Gasteiger partial charge on any atom is -0.345 e. The SMILES string of the molecule is CN(c1ccc(-c2cccc3c2sc2ccccc23)cc1)c1ccc2c(c1)c1ccccc1n2-c1ccccc1. The van der Waals surface area contributed by atoms with Crippen LogP contribution in [0.25, 0.3) is 58.8 Å². The third-order valence-electron chi connectivity index (χ3n) is 8.03. The zero-order chi connectivity index (χ0) is 26.6. The van der Waals surface area contributed by atoms with Gasteiger partial charge in [-0.15, -0.1) is 11.3 Å². The summed E-state index contributed by atoms with van der Waals surface area (Å²) >= 11 is 1.88. The van der Waals surface area contributed by atoms with Crippen molar-refractivity contribution in [2.45, 2.75) is 0 Å². The van der Waals surface area contributed by atoms with Gasteiger partial charge in [0.05, 0.1) is 11.0 Å². The molecule has 8 rings (SSSR count). The molecule has 0 aliphatic carbocycles. The van der Waals surface area contributed by atoms with Gasteiger partial charge in [-0.05, 0) is 65.7 Å². The summed E-state index contributed by atoms with van der Waals surface area (Å²) in [6.45, 7) is 0. The van der Waals surface area contributed by atoms with Gasteiger partial charge in [-0.2, -0.15) is 0 Å². The van der Waals surface area contributed by atoms with Crippen LogP contribution in [0.1, 0.15) is 0 Å². The maximum absolute atomic E-state index is 2.36. The fourth-order valence-corrected chi connectivity index (χ4v) is 7.25. The van der Waals surface area contributed by atoms with Gasteiger partial charge in [0.25, 0.3) is 0 Å². The standard InChI is InChI=1S/C37H26N2S/c1-38(26-20-18-25(19-21-26)29-14-9-15-32-31-13-6-8-17-36(31)40-37(29)32)28-22-23-35-33(24-28)30-12-5-7-16-34(30)39(35)27-10-3-2-4-11-27/h2-24H,1H3. The highest BCUT2D eigenvalue weighted by Crippen LogP contribution is 2.41. The zero-order valence-corrected chi connectivity index (χ0v) is 22.9. The van der Waals surface area contributed by atoms with Crippen LogP contribution in [-0.2, 0) is 0 Å². The topological polar surface area (TPSA) is 8.17 Å². The van der Waals surface area contributed by atoms with Crippen molar-refractivity contribution in [3.05, 3.63) is 140 Å². The molecule has 0 radical (unpaired) electrons. The monoisotopic (exact) mass is 530 g/mol. The van der Waals surface area contributed by atoms with Gasteiger partial charge in [-0.3, -0.25) is 0 Å². The first kappa shape index (κ1) is 23.1. The number of benzene rings is 6. The smallest absolute Gasteiger partial charge is 0.0542 e. The fourth-order valence-electron chi connectivity index (χ4n) is 6.01. The Bertz CT molecular complexity index is 2170. The van der Waals surface area contributed by atoms with Crippen LogP contribution in [-0.4, -0.2) is 11.6 Å². The molecule has 0 bridgehead atoms. The molecule has 0 atom stereocenters. The Kier molecular flexibility index (Phi) is 5.26. The molecule has 190 valence electrons. The summed E-state index contributed by atoms with van der Waals surface area (Å²) < 4.78 is 5.05. The van der Waals surface area contributed by atoms with Crippen molar-refractivity contribution >= 4 is 64.7 Å². The van der Waals surface area contributed by atoms with Crippen molar-refractivity contribution in [2.75, 3.05) is 11.9 Å². The van der Waals surface area contributed by atoms with E-state index < -0.39 is 0 Å². The van der Waals surface area contributed by atoms with E-state index in [-0.39, 0.29) is 0 Å². The van der Waals surface area contributed by atoms with E-state index >= 15 is 0 Å². The van der Waals surface area contributed by atoms with Crippen LogP contribution in [0.15, 0.2) is 140 Å². The number of thiophene rings is 1. The van der Waals surface area contributed by atoms with Gasteiger partial charge in [-0.1, -0.05) is 84.9 Å². The molecule has 0 fully saturated rings. The lowest BCUT2D eigenvalue weighted by Crippen LogP contribution is -2.09. The number of nitrogens with zero attached hydrogens (tertiary/aromatic N) is 2. The maximum atomic E-state index is 2.36. The van der Waals surface area contributed by atoms with Gasteiger partial charge < -0.3 is 9.47 Å². The van der Waals surface area contributed by atoms with Gasteiger partial charge in [0, 0.05) is 55.1 Å². The van der Waals surface area contributed by atoms with Crippen molar-refractivity contribution in [3.8, 4) is 16.8 Å². The van der Waals surface area contributed by atoms with Gasteiger partial charge in [0.15, 0.2) is 0 Å². The number of para-hydroxylation sites is 2. The van der Waals surface area contributed by atoms with Gasteiger partial charge in [0.1, 0.15) is 0 Å². The summed E-state index contributed by atoms with van der Waals surface area (Å²) in [5.74, 6) is 0. The zero-order valence-electron chi connectivity index (χ0n) is 22.1. The quantitative estimate of drug-likeness (QED) is 0.220. The molecule has 0 aliphatic heterocycles. The van der Waals surface area contributed by atoms with E-state index in [0.29, 0.717) is 0 Å². The first-order chi connectivity index (χ1) is 19.8. The van der Waals surface area contributed by atoms with E-state index in [9.17, 15) is 0 Å². The predicted molar refractivity (Wildman–Crippen MR) is 174 cm³/mol. The van der Waals surface area contributed by atoms with Crippen LogP contribution < -0.4 is 4.90 Å². The molecule has 2 nitrogen and oxygen atoms in total. The summed E-state index contributed by atoms with van der Waals surface area (Å²) in [6.07, 6.45) is 0. The van der Waals surface area contributed by atoms with Crippen molar-refractivity contribution in [1.29, 1.82) is 0 Å². The normalized spacial score (nSPS) is 11.6. The van der Waals surface area contributed by atoms with E-state index in [4.69, 9.17) is 0 Å². The second-order valence-electron chi connectivity index (χ2n) is 10.3. The molecule has 0 saturated carbocycles. The number of aromatic nitrogens is 1. The van der Waals surface area contributed by atoms with Crippen molar-refractivity contribution in [1.82, 2.24) is 4.57 Å². The largest absolute Gasteiger partial charge is 0.345 e. The maximum Gasteiger partial charge on any atom is 0.0542 e. The number of rotatable bonds is 4. The molecule has 0 spiro atoms. The molecule has 0 N–H and O–H groups in total. The lowest BCUT2D eigenvalue weighted by Gasteiger charge is -2.20. The van der Waals surface area contributed by atoms with E-state index in [1.165, 1.54) is 70.2 Å². The van der Waals surface area contributed by atoms with Gasteiger partial charge in [-0.25, -0.2) is 0 Å².